The van der Waals surface area contributed by atoms with Crippen molar-refractivity contribution in [3.63, 3.8) is 0 Å². The molecular weight excluding hydrogens is 243 g/mol. The highest BCUT2D eigenvalue weighted by molar-refractivity contribution is 5.41. The van der Waals surface area contributed by atoms with E-state index in [9.17, 15) is 4.39 Å². The van der Waals surface area contributed by atoms with E-state index in [-0.39, 0.29) is 12.4 Å². The van der Waals surface area contributed by atoms with Crippen molar-refractivity contribution >= 4 is 0 Å². The van der Waals surface area contributed by atoms with E-state index in [1.807, 2.05) is 0 Å². The molecule has 104 valence electrons. The minimum Gasteiger partial charge on any atom is -0.384 e. The Balaban J connectivity index is 2.52. The highest BCUT2D eigenvalue weighted by atomic mass is 19.1. The molecule has 1 aromatic carbocycles. The van der Waals surface area contributed by atoms with Crippen LogP contribution in [-0.2, 0) is 11.3 Å². The Bertz CT molecular complexity index is 444. The first-order chi connectivity index (χ1) is 9.13. The van der Waals surface area contributed by atoms with Gasteiger partial charge < -0.3 is 9.84 Å². The zero-order valence-electron chi connectivity index (χ0n) is 11.6. The van der Waals surface area contributed by atoms with Gasteiger partial charge in [-0.05, 0) is 36.5 Å². The SMILES string of the molecule is CC(C)CCCOCc1ccc(F)cc1C#CCO. The van der Waals surface area contributed by atoms with Gasteiger partial charge in [-0.1, -0.05) is 31.8 Å². The van der Waals surface area contributed by atoms with E-state index in [0.29, 0.717) is 24.7 Å². The lowest BCUT2D eigenvalue weighted by atomic mass is 10.1. The third-order valence-corrected chi connectivity index (χ3v) is 2.70. The topological polar surface area (TPSA) is 29.5 Å². The molecule has 0 heterocycles. The molecule has 1 aromatic rings. The van der Waals surface area contributed by atoms with Crippen LogP contribution in [0.25, 0.3) is 0 Å². The van der Waals surface area contributed by atoms with Gasteiger partial charge in [0, 0.05) is 12.2 Å². The maximum atomic E-state index is 13.1. The predicted molar refractivity (Wildman–Crippen MR) is 74.1 cm³/mol. The van der Waals surface area contributed by atoms with Crippen molar-refractivity contribution in [3.05, 3.63) is 35.1 Å². The molecule has 1 N–H and O–H groups in total. The zero-order chi connectivity index (χ0) is 14.1. The molecule has 0 unspecified atom stereocenters. The van der Waals surface area contributed by atoms with E-state index in [1.165, 1.54) is 12.1 Å². The molecule has 1 rings (SSSR count). The Morgan fingerprint density at radius 3 is 2.84 bits per heavy atom. The van der Waals surface area contributed by atoms with Crippen molar-refractivity contribution in [3.8, 4) is 11.8 Å². The van der Waals surface area contributed by atoms with Gasteiger partial charge in [-0.2, -0.15) is 0 Å². The highest BCUT2D eigenvalue weighted by Gasteiger charge is 2.03. The minimum absolute atomic E-state index is 0.231. The van der Waals surface area contributed by atoms with Crippen LogP contribution in [0.4, 0.5) is 4.39 Å². The monoisotopic (exact) mass is 264 g/mol. The predicted octanol–water partition coefficient (Wildman–Crippen LogP) is 3.12. The molecule has 2 nitrogen and oxygen atoms in total. The highest BCUT2D eigenvalue weighted by Crippen LogP contribution is 2.12. The molecule has 0 saturated heterocycles. The molecule has 0 spiro atoms. The molecule has 3 heteroatoms. The van der Waals surface area contributed by atoms with Gasteiger partial charge in [-0.15, -0.1) is 0 Å². The summed E-state index contributed by atoms with van der Waals surface area (Å²) in [6.07, 6.45) is 2.16. The Morgan fingerprint density at radius 2 is 2.16 bits per heavy atom. The summed E-state index contributed by atoms with van der Waals surface area (Å²) in [7, 11) is 0. The Morgan fingerprint density at radius 1 is 1.37 bits per heavy atom. The van der Waals surface area contributed by atoms with E-state index < -0.39 is 0 Å². The minimum atomic E-state index is -0.328. The standard InChI is InChI=1S/C16H21FO2/c1-13(2)5-4-10-19-12-15-7-8-16(17)11-14(15)6-3-9-18/h7-8,11,13,18H,4-5,9-10,12H2,1-2H3. The Hall–Kier alpha value is -1.37. The van der Waals surface area contributed by atoms with Crippen molar-refractivity contribution < 1.29 is 14.2 Å². The molecule has 0 aliphatic rings. The average molecular weight is 264 g/mol. The van der Waals surface area contributed by atoms with Gasteiger partial charge in [0.05, 0.1) is 6.61 Å². The fraction of sp³-hybridized carbons (Fsp3) is 0.500. The number of halogens is 1. The first-order valence-corrected chi connectivity index (χ1v) is 6.59. The second-order valence-corrected chi connectivity index (χ2v) is 4.85. The number of benzene rings is 1. The van der Waals surface area contributed by atoms with Gasteiger partial charge >= 0.3 is 0 Å². The second kappa shape index (κ2) is 8.68. The van der Waals surface area contributed by atoms with Gasteiger partial charge in [0.2, 0.25) is 0 Å². The molecule has 19 heavy (non-hydrogen) atoms. The third kappa shape index (κ3) is 6.37. The molecule has 0 amide bonds. The largest absolute Gasteiger partial charge is 0.384 e. The summed E-state index contributed by atoms with van der Waals surface area (Å²) in [6.45, 7) is 5.26. The van der Waals surface area contributed by atoms with Gasteiger partial charge in [0.25, 0.3) is 0 Å². The van der Waals surface area contributed by atoms with Crippen LogP contribution in [0.2, 0.25) is 0 Å². The summed E-state index contributed by atoms with van der Waals surface area (Å²) in [4.78, 5) is 0. The molecule has 0 bridgehead atoms. The van der Waals surface area contributed by atoms with Crippen molar-refractivity contribution in [2.24, 2.45) is 5.92 Å². The van der Waals surface area contributed by atoms with Crippen LogP contribution in [0.1, 0.15) is 37.8 Å². The van der Waals surface area contributed by atoms with E-state index >= 15 is 0 Å². The maximum Gasteiger partial charge on any atom is 0.124 e. The van der Waals surface area contributed by atoms with Crippen molar-refractivity contribution in [1.29, 1.82) is 0 Å². The number of hydrogen-bond acceptors (Lipinski definition) is 2. The van der Waals surface area contributed by atoms with Crippen LogP contribution in [0.3, 0.4) is 0 Å². The lowest BCUT2D eigenvalue weighted by Crippen LogP contribution is -2.00. The van der Waals surface area contributed by atoms with Crippen molar-refractivity contribution in [1.82, 2.24) is 0 Å². The molecule has 0 aromatic heterocycles. The fourth-order valence-electron chi connectivity index (χ4n) is 1.70. The summed E-state index contributed by atoms with van der Waals surface area (Å²) in [5.41, 5.74) is 1.44. The number of rotatable bonds is 6. The summed E-state index contributed by atoms with van der Waals surface area (Å²) >= 11 is 0. The average Bonchev–Trinajstić information content (AvgIpc) is 2.37. The van der Waals surface area contributed by atoms with E-state index in [0.717, 1.165) is 18.4 Å². The van der Waals surface area contributed by atoms with Crippen LogP contribution in [-0.4, -0.2) is 18.3 Å². The quantitative estimate of drug-likeness (QED) is 0.632. The molecule has 0 aliphatic carbocycles. The Kier molecular flexibility index (Phi) is 7.17. The molecule has 0 fully saturated rings. The first kappa shape index (κ1) is 15.7. The van der Waals surface area contributed by atoms with Crippen LogP contribution >= 0.6 is 0 Å². The van der Waals surface area contributed by atoms with E-state index in [1.54, 1.807) is 6.07 Å². The summed E-state index contributed by atoms with van der Waals surface area (Å²) < 4.78 is 18.7. The van der Waals surface area contributed by atoms with E-state index in [2.05, 4.69) is 25.7 Å². The van der Waals surface area contributed by atoms with Crippen LogP contribution in [0.15, 0.2) is 18.2 Å². The summed E-state index contributed by atoms with van der Waals surface area (Å²) in [5.74, 6) is 5.63. The maximum absolute atomic E-state index is 13.1. The first-order valence-electron chi connectivity index (χ1n) is 6.59. The van der Waals surface area contributed by atoms with Crippen LogP contribution in [0, 0.1) is 23.6 Å². The summed E-state index contributed by atoms with van der Waals surface area (Å²) in [6, 6.07) is 4.45. The van der Waals surface area contributed by atoms with Gasteiger partial charge in [-0.3, -0.25) is 0 Å². The molecule has 0 saturated carbocycles. The smallest absolute Gasteiger partial charge is 0.124 e. The van der Waals surface area contributed by atoms with Crippen LogP contribution in [0.5, 0.6) is 0 Å². The number of aliphatic hydroxyl groups excluding tert-OH is 1. The van der Waals surface area contributed by atoms with Crippen molar-refractivity contribution in [2.45, 2.75) is 33.3 Å². The van der Waals surface area contributed by atoms with Gasteiger partial charge in [0.1, 0.15) is 12.4 Å². The normalized spacial score (nSPS) is 10.4. The fourth-order valence-corrected chi connectivity index (χ4v) is 1.70. The lowest BCUT2D eigenvalue weighted by molar-refractivity contribution is 0.114. The van der Waals surface area contributed by atoms with Crippen LogP contribution < -0.4 is 0 Å². The van der Waals surface area contributed by atoms with E-state index in [4.69, 9.17) is 9.84 Å². The molecule has 0 radical (unpaired) electrons. The third-order valence-electron chi connectivity index (χ3n) is 2.70. The second-order valence-electron chi connectivity index (χ2n) is 4.85. The Labute approximate surface area is 114 Å². The zero-order valence-corrected chi connectivity index (χ0v) is 11.6. The number of hydrogen-bond donors (Lipinski definition) is 1. The molecular formula is C16H21FO2. The van der Waals surface area contributed by atoms with Gasteiger partial charge in [0.15, 0.2) is 0 Å². The summed E-state index contributed by atoms with van der Waals surface area (Å²) in [5, 5.41) is 8.69. The number of ether oxygens (including phenoxy) is 1. The number of aliphatic hydroxyl groups is 1. The molecule has 0 aliphatic heterocycles. The van der Waals surface area contributed by atoms with Gasteiger partial charge in [-0.25, -0.2) is 4.39 Å². The molecule has 0 atom stereocenters. The van der Waals surface area contributed by atoms with Crippen molar-refractivity contribution in [2.75, 3.05) is 13.2 Å². The lowest BCUT2D eigenvalue weighted by Gasteiger charge is -2.08.